The van der Waals surface area contributed by atoms with E-state index in [-0.39, 0.29) is 10.8 Å². The van der Waals surface area contributed by atoms with E-state index >= 15 is 0 Å². The summed E-state index contributed by atoms with van der Waals surface area (Å²) >= 11 is 0. The Hall–Kier alpha value is -2.35. The Morgan fingerprint density at radius 1 is 0.923 bits per heavy atom. The van der Waals surface area contributed by atoms with Crippen LogP contribution in [0, 0.1) is 0 Å². The van der Waals surface area contributed by atoms with E-state index in [2.05, 4.69) is 58.9 Å². The van der Waals surface area contributed by atoms with Gasteiger partial charge in [0, 0.05) is 0 Å². The zero-order chi connectivity index (χ0) is 19.1. The highest BCUT2D eigenvalue weighted by Gasteiger charge is 2.36. The summed E-state index contributed by atoms with van der Waals surface area (Å²) in [5.41, 5.74) is 6.89. The number of carboxylic acid groups (broad SMARTS) is 1. The van der Waals surface area contributed by atoms with Crippen LogP contribution in [-0.2, 0) is 10.8 Å². The first-order valence-electron chi connectivity index (χ1n) is 9.27. The molecule has 3 rings (SSSR count). The van der Waals surface area contributed by atoms with Gasteiger partial charge < -0.3 is 5.11 Å². The van der Waals surface area contributed by atoms with Gasteiger partial charge in [-0.25, -0.2) is 4.79 Å². The van der Waals surface area contributed by atoms with Crippen molar-refractivity contribution in [2.24, 2.45) is 0 Å². The van der Waals surface area contributed by atoms with Gasteiger partial charge in [-0.1, -0.05) is 64.1 Å². The summed E-state index contributed by atoms with van der Waals surface area (Å²) in [4.78, 5) is 11.2. The molecule has 0 aromatic heterocycles. The number of rotatable bonds is 3. The molecule has 1 N–H and O–H groups in total. The van der Waals surface area contributed by atoms with Crippen LogP contribution >= 0.6 is 0 Å². The lowest BCUT2D eigenvalue weighted by molar-refractivity contribution is 0.0697. The number of carboxylic acids is 1. The molecule has 2 heteroatoms. The number of aromatic carboxylic acids is 1. The molecule has 0 spiro atoms. The lowest BCUT2D eigenvalue weighted by Crippen LogP contribution is -2.33. The Kier molecular flexibility index (Phi) is 4.56. The molecule has 2 nitrogen and oxygen atoms in total. The highest BCUT2D eigenvalue weighted by molar-refractivity contribution is 5.89. The van der Waals surface area contributed by atoms with Crippen molar-refractivity contribution in [3.8, 4) is 0 Å². The molecule has 0 aliphatic heterocycles. The molecule has 0 radical (unpaired) electrons. The number of allylic oxidation sites excluding steroid dienone is 1. The molecule has 0 heterocycles. The predicted molar refractivity (Wildman–Crippen MR) is 109 cm³/mol. The highest BCUT2D eigenvalue weighted by atomic mass is 16.4. The van der Waals surface area contributed by atoms with Crippen LogP contribution in [0.2, 0.25) is 0 Å². The molecule has 0 fully saturated rings. The zero-order valence-electron chi connectivity index (χ0n) is 16.4. The summed E-state index contributed by atoms with van der Waals surface area (Å²) in [6, 6.07) is 13.9. The van der Waals surface area contributed by atoms with E-state index < -0.39 is 5.97 Å². The molecule has 1 aliphatic rings. The van der Waals surface area contributed by atoms with Crippen LogP contribution in [0.1, 0.15) is 80.1 Å². The van der Waals surface area contributed by atoms with Crippen molar-refractivity contribution in [2.45, 2.75) is 58.3 Å². The van der Waals surface area contributed by atoms with E-state index in [1.54, 1.807) is 18.2 Å². The summed E-state index contributed by atoms with van der Waals surface area (Å²) in [6.45, 7) is 11.4. The number of fused-ring (bicyclic) bond motifs is 1. The highest BCUT2D eigenvalue weighted by Crippen LogP contribution is 2.46. The Bertz CT molecular complexity index is 885. The third kappa shape index (κ3) is 3.46. The number of hydrogen-bond acceptors (Lipinski definition) is 1. The second kappa shape index (κ2) is 6.42. The van der Waals surface area contributed by atoms with E-state index in [0.717, 1.165) is 11.1 Å². The molecule has 0 saturated carbocycles. The Morgan fingerprint density at radius 2 is 1.58 bits per heavy atom. The summed E-state index contributed by atoms with van der Waals surface area (Å²) in [5.74, 6) is -0.893. The molecule has 0 amide bonds. The van der Waals surface area contributed by atoms with Crippen molar-refractivity contribution in [1.29, 1.82) is 0 Å². The molecule has 0 bridgehead atoms. The molecule has 1 aliphatic carbocycles. The van der Waals surface area contributed by atoms with Gasteiger partial charge in [0.15, 0.2) is 0 Å². The molecular weight excluding hydrogens is 320 g/mol. The van der Waals surface area contributed by atoms with Gasteiger partial charge in [0.05, 0.1) is 5.56 Å². The fraction of sp³-hybridized carbons (Fsp3) is 0.375. The lowest BCUT2D eigenvalue weighted by Gasteiger charge is -2.42. The molecule has 26 heavy (non-hydrogen) atoms. The van der Waals surface area contributed by atoms with Gasteiger partial charge in [0.1, 0.15) is 0 Å². The second-order valence-corrected chi connectivity index (χ2v) is 8.79. The number of benzene rings is 2. The average Bonchev–Trinajstić information content (AvgIpc) is 2.59. The summed E-state index contributed by atoms with van der Waals surface area (Å²) in [6.07, 6.45) is 4.47. The van der Waals surface area contributed by atoms with Crippen LogP contribution in [0.25, 0.3) is 11.6 Å². The van der Waals surface area contributed by atoms with Gasteiger partial charge in [0.2, 0.25) is 0 Å². The van der Waals surface area contributed by atoms with Crippen LogP contribution < -0.4 is 0 Å². The minimum absolute atomic E-state index is 0.185. The third-order valence-corrected chi connectivity index (χ3v) is 5.82. The van der Waals surface area contributed by atoms with Gasteiger partial charge >= 0.3 is 5.97 Å². The van der Waals surface area contributed by atoms with Gasteiger partial charge in [-0.15, -0.1) is 0 Å². The lowest BCUT2D eigenvalue weighted by atomic mass is 9.63. The van der Waals surface area contributed by atoms with E-state index in [4.69, 9.17) is 0 Å². The van der Waals surface area contributed by atoms with Crippen molar-refractivity contribution in [3.63, 3.8) is 0 Å². The Morgan fingerprint density at radius 3 is 2.23 bits per heavy atom. The quantitative estimate of drug-likeness (QED) is 0.661. The molecule has 136 valence electrons. The van der Waals surface area contributed by atoms with Crippen LogP contribution in [0.5, 0.6) is 0 Å². The summed E-state index contributed by atoms with van der Waals surface area (Å²) in [5, 5.41) is 9.18. The largest absolute Gasteiger partial charge is 0.478 e. The van der Waals surface area contributed by atoms with Crippen LogP contribution in [0.4, 0.5) is 0 Å². The summed E-state index contributed by atoms with van der Waals surface area (Å²) < 4.78 is 0. The fourth-order valence-corrected chi connectivity index (χ4v) is 3.93. The van der Waals surface area contributed by atoms with Crippen LogP contribution in [0.15, 0.2) is 42.5 Å². The van der Waals surface area contributed by atoms with Gasteiger partial charge in [-0.2, -0.15) is 0 Å². The fourth-order valence-electron chi connectivity index (χ4n) is 3.93. The average molecular weight is 348 g/mol. The van der Waals surface area contributed by atoms with Gasteiger partial charge in [-0.3, -0.25) is 0 Å². The van der Waals surface area contributed by atoms with Gasteiger partial charge in [-0.05, 0) is 70.6 Å². The van der Waals surface area contributed by atoms with Crippen LogP contribution in [0.3, 0.4) is 0 Å². The van der Waals surface area contributed by atoms with Crippen molar-refractivity contribution in [2.75, 3.05) is 0 Å². The van der Waals surface area contributed by atoms with Gasteiger partial charge in [0.25, 0.3) is 0 Å². The maximum atomic E-state index is 11.2. The molecule has 2 aromatic carbocycles. The summed E-state index contributed by atoms with van der Waals surface area (Å²) in [7, 11) is 0. The van der Waals surface area contributed by atoms with Crippen molar-refractivity contribution >= 4 is 17.6 Å². The number of hydrogen-bond donors (Lipinski definition) is 1. The second-order valence-electron chi connectivity index (χ2n) is 8.79. The molecular formula is C24H28O2. The maximum Gasteiger partial charge on any atom is 0.335 e. The SMILES string of the molecule is C/C(=C/c1cccc(C(=O)O)c1)c1ccc2c(c1)C(C)(C)CCC2(C)C. The molecule has 0 unspecified atom stereocenters. The first-order chi connectivity index (χ1) is 12.1. The third-order valence-electron chi connectivity index (χ3n) is 5.82. The smallest absolute Gasteiger partial charge is 0.335 e. The topological polar surface area (TPSA) is 37.3 Å². The van der Waals surface area contributed by atoms with Crippen LogP contribution in [-0.4, -0.2) is 11.1 Å². The first kappa shape index (κ1) is 18.4. The van der Waals surface area contributed by atoms with Crippen molar-refractivity contribution < 1.29 is 9.90 Å². The molecule has 0 saturated heterocycles. The van der Waals surface area contributed by atoms with Crippen molar-refractivity contribution in [1.82, 2.24) is 0 Å². The predicted octanol–water partition coefficient (Wildman–Crippen LogP) is 6.29. The maximum absolute atomic E-state index is 11.2. The molecule has 0 atom stereocenters. The Labute approximate surface area is 156 Å². The van der Waals surface area contributed by atoms with E-state index in [1.165, 1.54) is 29.5 Å². The minimum Gasteiger partial charge on any atom is -0.478 e. The van der Waals surface area contributed by atoms with Crippen molar-refractivity contribution in [3.05, 3.63) is 70.3 Å². The first-order valence-corrected chi connectivity index (χ1v) is 9.27. The molecule has 2 aromatic rings. The minimum atomic E-state index is -0.893. The standard InChI is InChI=1S/C24H28O2/c1-16(13-17-7-6-8-19(14-17)22(25)26)18-9-10-20-21(15-18)24(4,5)12-11-23(20,2)3/h6-10,13-15H,11-12H2,1-5H3,(H,25,26)/b16-13-. The Balaban J connectivity index is 2.03. The zero-order valence-corrected chi connectivity index (χ0v) is 16.4. The van der Waals surface area contributed by atoms with E-state index in [9.17, 15) is 9.90 Å². The van der Waals surface area contributed by atoms with E-state index in [1.807, 2.05) is 6.07 Å². The number of carbonyl (C=O) groups is 1. The van der Waals surface area contributed by atoms with E-state index in [0.29, 0.717) is 5.56 Å². The normalized spacial score (nSPS) is 18.3. The monoisotopic (exact) mass is 348 g/mol.